The number of rotatable bonds is 11. The number of carbonyl (C=O) groups excluding carboxylic acids is 1. The normalized spacial score (nSPS) is 11.4. The number of benzene rings is 2. The van der Waals surface area contributed by atoms with Crippen molar-refractivity contribution in [3.8, 4) is 17.6 Å². The zero-order chi connectivity index (χ0) is 31.1. The number of nitrogens with zero attached hydrogens (tertiary/aromatic N) is 3. The number of ether oxygens (including phenoxy) is 1. The Bertz CT molecular complexity index is 1570. The molecule has 0 aliphatic heterocycles. The molecule has 0 spiro atoms. The molecule has 3 aromatic rings. The standard InChI is InChI=1S/C31H38ClN6O3P/c1-9-28(39)34-24-19-25(26(41-6)18-21(24)16-17-31(4,5)38(10-2)11-3)36-30-33-20-22(32)29(37-30)35-23-14-12-13-15-27(23)42(7,8)40/h9,12-15,18-20H,1,10-11H2,2-8H3,(H,34,39)(H2,33,35,36,37). The SMILES string of the molecule is C=CC(=O)Nc1cc(Nc2ncc(Cl)c(Nc3ccccc3P(C)(C)=O)n2)c(OC)cc1C#CC(C)(C)N(CC)CC. The van der Waals surface area contributed by atoms with Crippen molar-refractivity contribution in [1.82, 2.24) is 14.9 Å². The van der Waals surface area contributed by atoms with Gasteiger partial charge in [-0.2, -0.15) is 4.98 Å². The van der Waals surface area contributed by atoms with Gasteiger partial charge in [-0.05, 0) is 64.5 Å². The van der Waals surface area contributed by atoms with Gasteiger partial charge in [-0.15, -0.1) is 0 Å². The highest BCUT2D eigenvalue weighted by Gasteiger charge is 2.22. The third-order valence-corrected chi connectivity index (χ3v) is 8.39. The van der Waals surface area contributed by atoms with Gasteiger partial charge in [0.2, 0.25) is 11.9 Å². The lowest BCUT2D eigenvalue weighted by molar-refractivity contribution is -0.111. The van der Waals surface area contributed by atoms with Gasteiger partial charge in [-0.3, -0.25) is 9.69 Å². The molecular weight excluding hydrogens is 571 g/mol. The number of methoxy groups -OCH3 is 1. The van der Waals surface area contributed by atoms with Gasteiger partial charge in [0.1, 0.15) is 17.9 Å². The van der Waals surface area contributed by atoms with Gasteiger partial charge in [-0.25, -0.2) is 4.98 Å². The molecule has 0 aliphatic rings. The number of aromatic nitrogens is 2. The van der Waals surface area contributed by atoms with Crippen LogP contribution in [0.1, 0.15) is 33.3 Å². The van der Waals surface area contributed by atoms with Gasteiger partial charge in [0.25, 0.3) is 0 Å². The molecule has 1 amide bonds. The molecule has 9 nitrogen and oxygen atoms in total. The molecule has 0 bridgehead atoms. The Morgan fingerprint density at radius 3 is 2.45 bits per heavy atom. The second kappa shape index (κ2) is 13.9. The van der Waals surface area contributed by atoms with Crippen LogP contribution in [-0.4, -0.2) is 59.8 Å². The van der Waals surface area contributed by atoms with E-state index in [-0.39, 0.29) is 16.9 Å². The lowest BCUT2D eigenvalue weighted by Crippen LogP contribution is -2.42. The summed E-state index contributed by atoms with van der Waals surface area (Å²) < 4.78 is 18.5. The molecular formula is C31H38ClN6O3P. The Labute approximate surface area is 253 Å². The summed E-state index contributed by atoms with van der Waals surface area (Å²) in [6.07, 6.45) is 2.65. The molecule has 3 rings (SSSR count). The number of hydrogen-bond acceptors (Lipinski definition) is 8. The first kappa shape index (κ1) is 32.7. The number of anilines is 5. The summed E-state index contributed by atoms with van der Waals surface area (Å²) in [5, 5.41) is 10.1. The van der Waals surface area contributed by atoms with Gasteiger partial charge < -0.3 is 25.3 Å². The minimum absolute atomic E-state index is 0.219. The predicted molar refractivity (Wildman–Crippen MR) is 175 cm³/mol. The number of hydrogen-bond donors (Lipinski definition) is 3. The smallest absolute Gasteiger partial charge is 0.247 e. The molecule has 0 fully saturated rings. The first-order chi connectivity index (χ1) is 19.8. The Balaban J connectivity index is 2.03. The van der Waals surface area contributed by atoms with Crippen molar-refractivity contribution in [2.24, 2.45) is 0 Å². The highest BCUT2D eigenvalue weighted by Crippen LogP contribution is 2.39. The van der Waals surface area contributed by atoms with Gasteiger partial charge in [0.05, 0.1) is 41.5 Å². The molecule has 0 radical (unpaired) electrons. The lowest BCUT2D eigenvalue weighted by Gasteiger charge is -2.32. The van der Waals surface area contributed by atoms with E-state index in [0.717, 1.165) is 13.1 Å². The molecule has 0 atom stereocenters. The fourth-order valence-corrected chi connectivity index (χ4v) is 5.66. The van der Waals surface area contributed by atoms with Crippen molar-refractivity contribution in [2.45, 2.75) is 33.2 Å². The molecule has 0 aliphatic carbocycles. The van der Waals surface area contributed by atoms with Crippen LogP contribution in [0.15, 0.2) is 55.3 Å². The summed E-state index contributed by atoms with van der Waals surface area (Å²) in [5.74, 6) is 7.20. The minimum Gasteiger partial charge on any atom is -0.495 e. The van der Waals surface area contributed by atoms with Crippen LogP contribution in [0.2, 0.25) is 5.02 Å². The zero-order valence-electron chi connectivity index (χ0n) is 25.1. The molecule has 3 N–H and O–H groups in total. The first-order valence-electron chi connectivity index (χ1n) is 13.5. The molecule has 1 aromatic heterocycles. The predicted octanol–water partition coefficient (Wildman–Crippen LogP) is 6.47. The summed E-state index contributed by atoms with van der Waals surface area (Å²) in [4.78, 5) is 23.4. The monoisotopic (exact) mass is 608 g/mol. The van der Waals surface area contributed by atoms with E-state index in [0.29, 0.717) is 39.5 Å². The van der Waals surface area contributed by atoms with Crippen molar-refractivity contribution in [3.05, 3.63) is 65.8 Å². The second-order valence-corrected chi connectivity index (χ2v) is 13.9. The van der Waals surface area contributed by atoms with Crippen LogP contribution in [0.25, 0.3) is 0 Å². The first-order valence-corrected chi connectivity index (χ1v) is 16.5. The van der Waals surface area contributed by atoms with E-state index < -0.39 is 12.7 Å². The van der Waals surface area contributed by atoms with Crippen molar-refractivity contribution >= 4 is 58.8 Å². The van der Waals surface area contributed by atoms with E-state index in [4.69, 9.17) is 16.3 Å². The number of amides is 1. The number of nitrogens with one attached hydrogen (secondary N) is 3. The van der Waals surface area contributed by atoms with E-state index in [1.54, 1.807) is 32.6 Å². The third-order valence-electron chi connectivity index (χ3n) is 6.57. The second-order valence-electron chi connectivity index (χ2n) is 10.3. The Hall–Kier alpha value is -3.83. The maximum absolute atomic E-state index is 12.8. The maximum atomic E-state index is 12.8. The summed E-state index contributed by atoms with van der Waals surface area (Å²) >= 11 is 6.42. The molecule has 0 unspecified atom stereocenters. The van der Waals surface area contributed by atoms with Gasteiger partial charge in [0, 0.05) is 11.4 Å². The highest BCUT2D eigenvalue weighted by atomic mass is 35.5. The molecule has 2 aromatic carbocycles. The van der Waals surface area contributed by atoms with Crippen LogP contribution in [0.5, 0.6) is 5.75 Å². The van der Waals surface area contributed by atoms with E-state index >= 15 is 0 Å². The summed E-state index contributed by atoms with van der Waals surface area (Å²) in [6, 6.07) is 10.8. The summed E-state index contributed by atoms with van der Waals surface area (Å²) in [7, 11) is -1.03. The minimum atomic E-state index is -2.57. The Morgan fingerprint density at radius 2 is 1.83 bits per heavy atom. The molecule has 0 saturated carbocycles. The highest BCUT2D eigenvalue weighted by molar-refractivity contribution is 7.70. The Kier molecular flexibility index (Phi) is 10.8. The van der Waals surface area contributed by atoms with Crippen LogP contribution in [0.4, 0.5) is 28.8 Å². The van der Waals surface area contributed by atoms with Gasteiger partial charge in [-0.1, -0.05) is 56.0 Å². The fourth-order valence-electron chi connectivity index (χ4n) is 4.36. The van der Waals surface area contributed by atoms with Crippen molar-refractivity contribution in [2.75, 3.05) is 49.5 Å². The summed E-state index contributed by atoms with van der Waals surface area (Å²) in [5.41, 5.74) is 1.78. The van der Waals surface area contributed by atoms with Crippen LogP contribution in [-0.2, 0) is 9.36 Å². The van der Waals surface area contributed by atoms with Crippen LogP contribution in [0.3, 0.4) is 0 Å². The number of para-hydroxylation sites is 1. The molecule has 11 heteroatoms. The molecule has 1 heterocycles. The van der Waals surface area contributed by atoms with Gasteiger partial charge in [0.15, 0.2) is 5.82 Å². The van der Waals surface area contributed by atoms with Crippen molar-refractivity contribution in [1.29, 1.82) is 0 Å². The van der Waals surface area contributed by atoms with E-state index in [9.17, 15) is 9.36 Å². The van der Waals surface area contributed by atoms with E-state index in [2.05, 4.69) is 76.9 Å². The molecule has 0 saturated heterocycles. The van der Waals surface area contributed by atoms with Gasteiger partial charge >= 0.3 is 0 Å². The van der Waals surface area contributed by atoms with Crippen molar-refractivity contribution in [3.63, 3.8) is 0 Å². The maximum Gasteiger partial charge on any atom is 0.247 e. The van der Waals surface area contributed by atoms with Crippen molar-refractivity contribution < 1.29 is 14.1 Å². The third kappa shape index (κ3) is 8.13. The number of carbonyl (C=O) groups is 1. The summed E-state index contributed by atoms with van der Waals surface area (Å²) in [6.45, 7) is 17.0. The van der Waals surface area contributed by atoms with E-state index in [1.807, 2.05) is 24.3 Å². The van der Waals surface area contributed by atoms with Crippen LogP contribution < -0.4 is 26.0 Å². The molecule has 42 heavy (non-hydrogen) atoms. The average molecular weight is 609 g/mol. The van der Waals surface area contributed by atoms with Crippen LogP contribution >= 0.6 is 18.7 Å². The fraction of sp³-hybridized carbons (Fsp3) is 0.323. The lowest BCUT2D eigenvalue weighted by atomic mass is 10.0. The zero-order valence-corrected chi connectivity index (χ0v) is 26.8. The van der Waals surface area contributed by atoms with E-state index in [1.165, 1.54) is 12.3 Å². The quantitative estimate of drug-likeness (QED) is 0.129. The Morgan fingerprint density at radius 1 is 1.14 bits per heavy atom. The average Bonchev–Trinajstić information content (AvgIpc) is 2.94. The van der Waals surface area contributed by atoms with Crippen LogP contribution in [0, 0.1) is 11.8 Å². The molecule has 222 valence electrons. The largest absolute Gasteiger partial charge is 0.495 e. The topological polar surface area (TPSA) is 108 Å². The number of halogens is 1.